The predicted molar refractivity (Wildman–Crippen MR) is 128 cm³/mol. The molecule has 0 aliphatic carbocycles. The average molecular weight is 494 g/mol. The van der Waals surface area contributed by atoms with E-state index in [-0.39, 0.29) is 24.1 Å². The van der Waals surface area contributed by atoms with Crippen LogP contribution in [0.15, 0.2) is 65.6 Å². The molecule has 0 spiro atoms. The van der Waals surface area contributed by atoms with Gasteiger partial charge in [0.15, 0.2) is 11.5 Å². The molecular formula is C25H16ClNO6S. The van der Waals surface area contributed by atoms with Crippen LogP contribution in [0, 0.1) is 0 Å². The number of benzene rings is 3. The molecule has 3 aromatic rings. The van der Waals surface area contributed by atoms with Crippen LogP contribution in [-0.4, -0.2) is 33.9 Å². The van der Waals surface area contributed by atoms with Gasteiger partial charge < -0.3 is 14.6 Å². The zero-order chi connectivity index (χ0) is 23.8. The fourth-order valence-corrected chi connectivity index (χ4v) is 4.70. The largest absolute Gasteiger partial charge is 0.478 e. The van der Waals surface area contributed by atoms with Crippen molar-refractivity contribution >= 4 is 46.6 Å². The van der Waals surface area contributed by atoms with Gasteiger partial charge in [-0.25, -0.2) is 4.79 Å². The fourth-order valence-electron chi connectivity index (χ4n) is 3.65. The molecular weight excluding hydrogens is 478 g/mol. The van der Waals surface area contributed by atoms with Crippen LogP contribution in [0.3, 0.4) is 0 Å². The molecule has 7 nitrogen and oxygen atoms in total. The lowest BCUT2D eigenvalue weighted by Gasteiger charge is -2.14. The number of hydrogen-bond donors (Lipinski definition) is 1. The Kier molecular flexibility index (Phi) is 5.77. The Bertz CT molecular complexity index is 1370. The summed E-state index contributed by atoms with van der Waals surface area (Å²) in [7, 11) is 0. The van der Waals surface area contributed by atoms with E-state index < -0.39 is 11.9 Å². The van der Waals surface area contributed by atoms with E-state index in [0.29, 0.717) is 27.0 Å². The number of halogens is 1. The number of rotatable bonds is 5. The number of carboxylic acids is 1. The Labute approximate surface area is 203 Å². The number of thioether (sulfide) groups is 1. The molecule has 1 fully saturated rings. The van der Waals surface area contributed by atoms with Crippen LogP contribution in [0.4, 0.5) is 4.79 Å². The van der Waals surface area contributed by atoms with Crippen molar-refractivity contribution in [3.05, 3.63) is 87.3 Å². The maximum atomic E-state index is 13.0. The number of carboxylic acid groups (broad SMARTS) is 1. The van der Waals surface area contributed by atoms with E-state index >= 15 is 0 Å². The molecule has 170 valence electrons. The molecule has 0 bridgehead atoms. The number of fused-ring (bicyclic) bond motifs is 1. The number of imide groups is 1. The van der Waals surface area contributed by atoms with E-state index in [2.05, 4.69) is 0 Å². The van der Waals surface area contributed by atoms with Crippen LogP contribution in [0.5, 0.6) is 11.5 Å². The minimum atomic E-state index is -0.988. The SMILES string of the molecule is O=C(O)c1ccc(-c2cccc(/C=C3\SC(=O)N(Cc4cc5c(cc4Cl)OCO5)C3=O)c2)cc1. The lowest BCUT2D eigenvalue weighted by Crippen LogP contribution is -2.27. The maximum absolute atomic E-state index is 13.0. The van der Waals surface area contributed by atoms with Crippen molar-refractivity contribution in [2.45, 2.75) is 6.54 Å². The van der Waals surface area contributed by atoms with Gasteiger partial charge >= 0.3 is 5.97 Å². The third-order valence-electron chi connectivity index (χ3n) is 5.39. The molecule has 0 radical (unpaired) electrons. The van der Waals surface area contributed by atoms with Gasteiger partial charge in [-0.2, -0.15) is 0 Å². The van der Waals surface area contributed by atoms with E-state index in [9.17, 15) is 14.4 Å². The molecule has 34 heavy (non-hydrogen) atoms. The number of nitrogens with zero attached hydrogens (tertiary/aromatic N) is 1. The Balaban J connectivity index is 1.37. The van der Waals surface area contributed by atoms with Gasteiger partial charge in [-0.15, -0.1) is 0 Å². The van der Waals surface area contributed by atoms with Crippen LogP contribution in [0.2, 0.25) is 5.02 Å². The molecule has 0 aromatic heterocycles. The summed E-state index contributed by atoms with van der Waals surface area (Å²) >= 11 is 7.18. The zero-order valence-corrected chi connectivity index (χ0v) is 19.1. The van der Waals surface area contributed by atoms with E-state index in [1.165, 1.54) is 12.1 Å². The van der Waals surface area contributed by atoms with Crippen molar-refractivity contribution < 1.29 is 29.0 Å². The zero-order valence-electron chi connectivity index (χ0n) is 17.5. The number of carbonyl (C=O) groups excluding carboxylic acids is 2. The van der Waals surface area contributed by atoms with Crippen LogP contribution in [0.1, 0.15) is 21.5 Å². The van der Waals surface area contributed by atoms with Gasteiger partial charge in [0.25, 0.3) is 11.1 Å². The van der Waals surface area contributed by atoms with Crippen molar-refractivity contribution in [1.29, 1.82) is 0 Å². The Morgan fingerprint density at radius 1 is 1.03 bits per heavy atom. The van der Waals surface area contributed by atoms with Crippen LogP contribution in [-0.2, 0) is 11.3 Å². The van der Waals surface area contributed by atoms with Gasteiger partial charge in [0.05, 0.1) is 17.0 Å². The van der Waals surface area contributed by atoms with Gasteiger partial charge in [-0.1, -0.05) is 41.9 Å². The summed E-state index contributed by atoms with van der Waals surface area (Å²) in [5, 5.41) is 9.07. The molecule has 2 heterocycles. The van der Waals surface area contributed by atoms with Crippen LogP contribution in [0.25, 0.3) is 17.2 Å². The van der Waals surface area contributed by atoms with Gasteiger partial charge in [0.1, 0.15) is 0 Å². The first-order chi connectivity index (χ1) is 16.4. The highest BCUT2D eigenvalue weighted by molar-refractivity contribution is 8.18. The molecule has 9 heteroatoms. The monoisotopic (exact) mass is 493 g/mol. The van der Waals surface area contributed by atoms with Gasteiger partial charge in [-0.05, 0) is 64.4 Å². The minimum absolute atomic E-state index is 0.0213. The molecule has 0 unspecified atom stereocenters. The summed E-state index contributed by atoms with van der Waals surface area (Å²) < 4.78 is 10.7. The molecule has 3 aromatic carbocycles. The summed E-state index contributed by atoms with van der Waals surface area (Å²) in [6.45, 7) is 0.121. The first-order valence-electron chi connectivity index (χ1n) is 10.2. The molecule has 0 atom stereocenters. The average Bonchev–Trinajstić information content (AvgIpc) is 3.38. The standard InChI is InChI=1S/C25H16ClNO6S/c26-19-11-21-20(32-13-33-21)10-18(19)12-27-23(28)22(34-25(27)31)9-14-2-1-3-17(8-14)15-4-6-16(7-5-15)24(29)30/h1-11H,12-13H2,(H,29,30)/b22-9-. The van der Waals surface area contributed by atoms with Gasteiger partial charge in [0.2, 0.25) is 6.79 Å². The lowest BCUT2D eigenvalue weighted by molar-refractivity contribution is -0.123. The molecule has 2 amide bonds. The maximum Gasteiger partial charge on any atom is 0.335 e. The summed E-state index contributed by atoms with van der Waals surface area (Å²) in [5.41, 5.74) is 3.23. The topological polar surface area (TPSA) is 93.1 Å². The highest BCUT2D eigenvalue weighted by atomic mass is 35.5. The van der Waals surface area contributed by atoms with Crippen LogP contribution >= 0.6 is 23.4 Å². The number of carbonyl (C=O) groups is 3. The molecule has 0 saturated carbocycles. The van der Waals surface area contributed by atoms with Crippen molar-refractivity contribution in [1.82, 2.24) is 4.90 Å². The highest BCUT2D eigenvalue weighted by Gasteiger charge is 2.35. The quantitative estimate of drug-likeness (QED) is 0.457. The van der Waals surface area contributed by atoms with E-state index in [1.807, 2.05) is 24.3 Å². The van der Waals surface area contributed by atoms with Crippen molar-refractivity contribution in [2.24, 2.45) is 0 Å². The van der Waals surface area contributed by atoms with Crippen molar-refractivity contribution in [2.75, 3.05) is 6.79 Å². The molecule has 1 N–H and O–H groups in total. The van der Waals surface area contributed by atoms with Crippen LogP contribution < -0.4 is 9.47 Å². The second kappa shape index (κ2) is 8.89. The number of amides is 2. The fraction of sp³-hybridized carbons (Fsp3) is 0.0800. The van der Waals surface area contributed by atoms with E-state index in [4.69, 9.17) is 26.2 Å². The smallest absolute Gasteiger partial charge is 0.335 e. The number of ether oxygens (including phenoxy) is 2. The normalized spacial score (nSPS) is 15.9. The van der Waals surface area contributed by atoms with Crippen molar-refractivity contribution in [3.8, 4) is 22.6 Å². The van der Waals surface area contributed by atoms with E-state index in [0.717, 1.165) is 33.4 Å². The predicted octanol–water partition coefficient (Wildman–Crippen LogP) is 5.67. The first kappa shape index (κ1) is 22.1. The third kappa shape index (κ3) is 4.25. The Morgan fingerprint density at radius 2 is 1.76 bits per heavy atom. The Morgan fingerprint density at radius 3 is 2.50 bits per heavy atom. The van der Waals surface area contributed by atoms with Gasteiger partial charge in [-0.3, -0.25) is 14.5 Å². The molecule has 5 rings (SSSR count). The summed E-state index contributed by atoms with van der Waals surface area (Å²) in [5.74, 6) is -0.339. The number of aromatic carboxylic acids is 1. The summed E-state index contributed by atoms with van der Waals surface area (Å²) in [6, 6.07) is 17.3. The van der Waals surface area contributed by atoms with Gasteiger partial charge in [0, 0.05) is 11.1 Å². The first-order valence-corrected chi connectivity index (χ1v) is 11.4. The second-order valence-electron chi connectivity index (χ2n) is 7.57. The molecule has 2 aliphatic rings. The highest BCUT2D eigenvalue weighted by Crippen LogP contribution is 2.39. The second-order valence-corrected chi connectivity index (χ2v) is 8.97. The van der Waals surface area contributed by atoms with Crippen molar-refractivity contribution in [3.63, 3.8) is 0 Å². The summed E-state index contributed by atoms with van der Waals surface area (Å²) in [4.78, 5) is 38.1. The number of hydrogen-bond acceptors (Lipinski definition) is 6. The lowest BCUT2D eigenvalue weighted by atomic mass is 10.0. The minimum Gasteiger partial charge on any atom is -0.478 e. The third-order valence-corrected chi connectivity index (χ3v) is 6.65. The summed E-state index contributed by atoms with van der Waals surface area (Å²) in [6.07, 6.45) is 1.67. The Hall–Kier alpha value is -3.75. The molecule has 1 saturated heterocycles. The van der Waals surface area contributed by atoms with E-state index in [1.54, 1.807) is 30.3 Å². The molecule has 2 aliphatic heterocycles.